The summed E-state index contributed by atoms with van der Waals surface area (Å²) in [6.07, 6.45) is 8.65. The predicted molar refractivity (Wildman–Crippen MR) is 210 cm³/mol. The van der Waals surface area contributed by atoms with E-state index >= 15 is 0 Å². The maximum atomic E-state index is 5.23. The quantitative estimate of drug-likeness (QED) is 0.185. The minimum atomic E-state index is 0.716. The summed E-state index contributed by atoms with van der Waals surface area (Å²) in [5.74, 6) is 1.48. The van der Waals surface area contributed by atoms with Crippen LogP contribution in [-0.2, 0) is 0 Å². The van der Waals surface area contributed by atoms with Crippen molar-refractivity contribution in [2.45, 2.75) is 12.8 Å². The van der Waals surface area contributed by atoms with Crippen LogP contribution in [0.25, 0.3) is 88.8 Å². The molecule has 3 heterocycles. The van der Waals surface area contributed by atoms with Crippen molar-refractivity contribution in [3.8, 4) is 39.6 Å². The largest absolute Gasteiger partial charge is 0.309 e. The van der Waals surface area contributed by atoms with E-state index in [2.05, 4.69) is 138 Å². The van der Waals surface area contributed by atoms with Gasteiger partial charge < -0.3 is 4.57 Å². The van der Waals surface area contributed by atoms with Gasteiger partial charge in [0, 0.05) is 49.5 Å². The van der Waals surface area contributed by atoms with Crippen LogP contribution < -0.4 is 0 Å². The van der Waals surface area contributed by atoms with Crippen LogP contribution in [0, 0.1) is 0 Å². The standard InChI is InChI=1S/C46H31N5/c1-4-14-30(15-5-1)45-47-39-22-12-10-20-35(39)43(49-45)32-24-26-41-37(28-32)38-29-33(25-27-42(38)51(41)34-18-8-3-9-19-34)44-36-21-11-13-23-40(36)48-46(50-44)31-16-6-2-7-17-31/h1,3-6,8-29H,2,7H2. The van der Waals surface area contributed by atoms with E-state index in [1.807, 2.05) is 30.3 Å². The van der Waals surface area contributed by atoms with Crippen LogP contribution in [0.1, 0.15) is 18.7 Å². The third-order valence-electron chi connectivity index (χ3n) is 9.82. The molecule has 0 fully saturated rings. The zero-order valence-electron chi connectivity index (χ0n) is 27.7. The number of rotatable bonds is 5. The van der Waals surface area contributed by atoms with E-state index in [9.17, 15) is 0 Å². The zero-order chi connectivity index (χ0) is 33.7. The van der Waals surface area contributed by atoms with Gasteiger partial charge in [-0.1, -0.05) is 115 Å². The highest BCUT2D eigenvalue weighted by molar-refractivity contribution is 6.12. The van der Waals surface area contributed by atoms with E-state index in [4.69, 9.17) is 19.9 Å². The minimum Gasteiger partial charge on any atom is -0.309 e. The van der Waals surface area contributed by atoms with Crippen molar-refractivity contribution in [1.82, 2.24) is 24.5 Å². The molecule has 0 saturated heterocycles. The van der Waals surface area contributed by atoms with Gasteiger partial charge in [0.15, 0.2) is 11.6 Å². The fourth-order valence-corrected chi connectivity index (χ4v) is 7.39. The third kappa shape index (κ3) is 5.01. The molecule has 3 aromatic heterocycles. The van der Waals surface area contributed by atoms with E-state index in [1.54, 1.807) is 0 Å². The van der Waals surface area contributed by atoms with Crippen molar-refractivity contribution in [3.63, 3.8) is 0 Å². The Kier molecular flexibility index (Phi) is 6.88. The highest BCUT2D eigenvalue weighted by Gasteiger charge is 2.19. The topological polar surface area (TPSA) is 56.5 Å². The Morgan fingerprint density at radius 2 is 0.980 bits per heavy atom. The van der Waals surface area contributed by atoms with Crippen LogP contribution in [0.15, 0.2) is 164 Å². The van der Waals surface area contributed by atoms with Crippen molar-refractivity contribution in [2.24, 2.45) is 0 Å². The Labute approximate surface area is 294 Å². The summed E-state index contributed by atoms with van der Waals surface area (Å²) in [6.45, 7) is 0. The van der Waals surface area contributed by atoms with Gasteiger partial charge >= 0.3 is 0 Å². The molecule has 5 heteroatoms. The number of allylic oxidation sites excluding steroid dienone is 4. The molecule has 0 spiro atoms. The molecule has 0 aliphatic heterocycles. The number of aromatic nitrogens is 5. The van der Waals surface area contributed by atoms with Gasteiger partial charge in [-0.2, -0.15) is 0 Å². The average molecular weight is 654 g/mol. The van der Waals surface area contributed by atoms with Gasteiger partial charge in [0.25, 0.3) is 0 Å². The van der Waals surface area contributed by atoms with Crippen LogP contribution in [0.2, 0.25) is 0 Å². The van der Waals surface area contributed by atoms with Gasteiger partial charge in [0.2, 0.25) is 0 Å². The highest BCUT2D eigenvalue weighted by atomic mass is 15.0. The van der Waals surface area contributed by atoms with Crippen molar-refractivity contribution >= 4 is 49.2 Å². The van der Waals surface area contributed by atoms with Gasteiger partial charge in [-0.25, -0.2) is 19.9 Å². The molecule has 51 heavy (non-hydrogen) atoms. The molecular formula is C46H31N5. The maximum absolute atomic E-state index is 5.23. The van der Waals surface area contributed by atoms with Gasteiger partial charge in [-0.15, -0.1) is 0 Å². The van der Waals surface area contributed by atoms with Crippen molar-refractivity contribution in [3.05, 3.63) is 170 Å². The molecule has 0 amide bonds. The molecule has 1 aliphatic rings. The number of nitrogens with zero attached hydrogens (tertiary/aromatic N) is 5. The fourth-order valence-electron chi connectivity index (χ4n) is 7.39. The Morgan fingerprint density at radius 1 is 0.431 bits per heavy atom. The molecule has 0 N–H and O–H groups in total. The molecule has 10 rings (SSSR count). The van der Waals surface area contributed by atoms with E-state index in [0.717, 1.165) is 102 Å². The zero-order valence-corrected chi connectivity index (χ0v) is 27.7. The number of hydrogen-bond donors (Lipinski definition) is 0. The summed E-state index contributed by atoms with van der Waals surface area (Å²) >= 11 is 0. The predicted octanol–water partition coefficient (Wildman–Crippen LogP) is 11.4. The minimum absolute atomic E-state index is 0.716. The van der Waals surface area contributed by atoms with E-state index in [1.165, 1.54) is 0 Å². The van der Waals surface area contributed by atoms with Gasteiger partial charge in [-0.05, 0) is 61.4 Å². The molecule has 0 radical (unpaired) electrons. The Balaban J connectivity index is 1.23. The molecule has 5 nitrogen and oxygen atoms in total. The number of fused-ring (bicyclic) bond motifs is 5. The van der Waals surface area contributed by atoms with Crippen LogP contribution in [-0.4, -0.2) is 24.5 Å². The SMILES string of the molecule is C1=CC(c2nc(-c3ccc4c(c3)c3cc(-c5nc(-c6ccccc6)nc6ccccc56)ccc3n4-c3ccccc3)c3ccccc3n2)=CCC1. The number of hydrogen-bond acceptors (Lipinski definition) is 4. The summed E-state index contributed by atoms with van der Waals surface area (Å²) in [5, 5.41) is 4.36. The van der Waals surface area contributed by atoms with E-state index in [-0.39, 0.29) is 0 Å². The maximum Gasteiger partial charge on any atom is 0.160 e. The summed E-state index contributed by atoms with van der Waals surface area (Å²) in [7, 11) is 0. The van der Waals surface area contributed by atoms with Crippen LogP contribution in [0.4, 0.5) is 0 Å². The lowest BCUT2D eigenvalue weighted by Crippen LogP contribution is -1.99. The highest BCUT2D eigenvalue weighted by Crippen LogP contribution is 2.39. The van der Waals surface area contributed by atoms with Crippen molar-refractivity contribution < 1.29 is 0 Å². The van der Waals surface area contributed by atoms with Crippen LogP contribution in [0.3, 0.4) is 0 Å². The second-order valence-electron chi connectivity index (χ2n) is 13.0. The summed E-state index contributed by atoms with van der Waals surface area (Å²) < 4.78 is 2.35. The Hall–Kier alpha value is -6.72. The van der Waals surface area contributed by atoms with E-state index in [0.29, 0.717) is 5.82 Å². The molecule has 0 bridgehead atoms. The monoisotopic (exact) mass is 653 g/mol. The first-order valence-electron chi connectivity index (χ1n) is 17.4. The summed E-state index contributed by atoms with van der Waals surface area (Å²) in [6, 6.07) is 50.9. The number of benzene rings is 6. The smallest absolute Gasteiger partial charge is 0.160 e. The van der Waals surface area contributed by atoms with Crippen molar-refractivity contribution in [2.75, 3.05) is 0 Å². The fraction of sp³-hybridized carbons (Fsp3) is 0.0435. The van der Waals surface area contributed by atoms with Gasteiger partial charge in [0.1, 0.15) is 0 Å². The van der Waals surface area contributed by atoms with Gasteiger partial charge in [-0.3, -0.25) is 0 Å². The molecule has 1 aliphatic carbocycles. The number of para-hydroxylation sites is 3. The summed E-state index contributed by atoms with van der Waals surface area (Å²) in [4.78, 5) is 20.4. The normalized spacial score (nSPS) is 13.0. The Morgan fingerprint density at radius 3 is 1.59 bits per heavy atom. The average Bonchev–Trinajstić information content (AvgIpc) is 3.54. The molecule has 6 aromatic carbocycles. The van der Waals surface area contributed by atoms with Gasteiger partial charge in [0.05, 0.1) is 33.5 Å². The summed E-state index contributed by atoms with van der Waals surface area (Å²) in [5.41, 5.74) is 11.3. The van der Waals surface area contributed by atoms with Crippen molar-refractivity contribution in [1.29, 1.82) is 0 Å². The first-order valence-corrected chi connectivity index (χ1v) is 17.4. The lowest BCUT2D eigenvalue weighted by atomic mass is 10.0. The van der Waals surface area contributed by atoms with E-state index < -0.39 is 0 Å². The second kappa shape index (κ2) is 12.0. The van der Waals surface area contributed by atoms with Crippen LogP contribution >= 0.6 is 0 Å². The third-order valence-corrected chi connectivity index (χ3v) is 9.82. The molecule has 0 saturated carbocycles. The molecule has 0 atom stereocenters. The molecule has 0 unspecified atom stereocenters. The second-order valence-corrected chi connectivity index (χ2v) is 13.0. The Bertz CT molecular complexity index is 2850. The first kappa shape index (κ1) is 29.2. The van der Waals surface area contributed by atoms with Crippen LogP contribution in [0.5, 0.6) is 0 Å². The first-order chi connectivity index (χ1) is 25.3. The molecular weight excluding hydrogens is 623 g/mol. The lowest BCUT2D eigenvalue weighted by Gasteiger charge is -2.12. The lowest BCUT2D eigenvalue weighted by molar-refractivity contribution is 1.03. The molecule has 240 valence electrons. The molecule has 9 aromatic rings.